The fourth-order valence-electron chi connectivity index (χ4n) is 1.03. The van der Waals surface area contributed by atoms with E-state index < -0.39 is 0 Å². The van der Waals surface area contributed by atoms with E-state index in [1.165, 1.54) is 6.08 Å². The van der Waals surface area contributed by atoms with Crippen molar-refractivity contribution in [2.75, 3.05) is 0 Å². The molecule has 0 radical (unpaired) electrons. The largest absolute Gasteiger partial charge is 0.507 e. The number of hydrogen-bond donors (Lipinski definition) is 1. The zero-order valence-corrected chi connectivity index (χ0v) is 8.71. The van der Waals surface area contributed by atoms with E-state index in [1.54, 1.807) is 19.1 Å². The molecular formula is C10H9BrO2. The average Bonchev–Trinajstić information content (AvgIpc) is 2.09. The Balaban J connectivity index is 3.19. The molecule has 1 aromatic carbocycles. The maximum atomic E-state index is 10.1. The molecular weight excluding hydrogens is 232 g/mol. The highest BCUT2D eigenvalue weighted by Gasteiger charge is 2.02. The second kappa shape index (κ2) is 4.23. The van der Waals surface area contributed by atoms with E-state index >= 15 is 0 Å². The normalized spacial score (nSPS) is 10.6. The van der Waals surface area contributed by atoms with E-state index in [0.29, 0.717) is 11.8 Å². The van der Waals surface area contributed by atoms with Crippen LogP contribution in [0.4, 0.5) is 0 Å². The number of benzene rings is 1. The Hall–Kier alpha value is -1.09. The second-order valence-electron chi connectivity index (χ2n) is 2.66. The summed E-state index contributed by atoms with van der Waals surface area (Å²) in [6.45, 7) is 1.80. The zero-order chi connectivity index (χ0) is 9.84. The van der Waals surface area contributed by atoms with Gasteiger partial charge in [0.25, 0.3) is 0 Å². The van der Waals surface area contributed by atoms with Crippen LogP contribution in [0.5, 0.6) is 5.75 Å². The molecule has 0 amide bonds. The van der Waals surface area contributed by atoms with E-state index in [9.17, 15) is 9.90 Å². The molecule has 13 heavy (non-hydrogen) atoms. The van der Waals surface area contributed by atoms with Gasteiger partial charge >= 0.3 is 0 Å². The van der Waals surface area contributed by atoms with Crippen molar-refractivity contribution in [1.82, 2.24) is 0 Å². The third-order valence-corrected chi connectivity index (χ3v) is 2.11. The first-order valence-electron chi connectivity index (χ1n) is 3.76. The number of rotatable bonds is 2. The van der Waals surface area contributed by atoms with Crippen LogP contribution in [-0.2, 0) is 4.79 Å². The Bertz CT molecular complexity index is 356. The molecule has 0 heterocycles. The first-order valence-corrected chi connectivity index (χ1v) is 4.55. The summed E-state index contributed by atoms with van der Waals surface area (Å²) in [6.07, 6.45) is 3.59. The summed E-state index contributed by atoms with van der Waals surface area (Å²) in [5.41, 5.74) is 1.42. The monoisotopic (exact) mass is 240 g/mol. The first kappa shape index (κ1) is 9.99. The molecule has 0 unspecified atom stereocenters. The minimum Gasteiger partial charge on any atom is -0.507 e. The van der Waals surface area contributed by atoms with Crippen LogP contribution in [0.2, 0.25) is 0 Å². The average molecular weight is 241 g/mol. The summed E-state index contributed by atoms with van der Waals surface area (Å²) in [4.78, 5) is 10.1. The number of allylic oxidation sites excluding steroid dienone is 1. The molecule has 1 rings (SSSR count). The van der Waals surface area contributed by atoms with E-state index in [2.05, 4.69) is 15.9 Å². The number of carbonyl (C=O) groups excluding carboxylic acids is 1. The van der Waals surface area contributed by atoms with Crippen molar-refractivity contribution >= 4 is 28.3 Å². The maximum absolute atomic E-state index is 10.1. The Labute approximate surface area is 85.0 Å². The Kier molecular flexibility index (Phi) is 3.25. The van der Waals surface area contributed by atoms with Gasteiger partial charge in [0, 0.05) is 10.0 Å². The van der Waals surface area contributed by atoms with Gasteiger partial charge in [-0.05, 0) is 36.8 Å². The number of hydrogen-bond acceptors (Lipinski definition) is 2. The highest BCUT2D eigenvalue weighted by molar-refractivity contribution is 9.10. The molecule has 68 valence electrons. The molecule has 0 spiro atoms. The van der Waals surface area contributed by atoms with Crippen LogP contribution in [0.1, 0.15) is 11.1 Å². The van der Waals surface area contributed by atoms with E-state index in [-0.39, 0.29) is 5.75 Å². The van der Waals surface area contributed by atoms with Crippen LogP contribution in [-0.4, -0.2) is 11.4 Å². The second-order valence-corrected chi connectivity index (χ2v) is 3.57. The quantitative estimate of drug-likeness (QED) is 0.638. The van der Waals surface area contributed by atoms with Crippen molar-refractivity contribution in [1.29, 1.82) is 0 Å². The molecule has 0 aliphatic carbocycles. The molecule has 1 N–H and O–H groups in total. The molecule has 0 saturated heterocycles. The summed E-state index contributed by atoms with van der Waals surface area (Å²) < 4.78 is 0.883. The molecule has 0 aliphatic heterocycles. The van der Waals surface area contributed by atoms with Gasteiger partial charge in [-0.15, -0.1) is 0 Å². The van der Waals surface area contributed by atoms with Gasteiger partial charge in [0.1, 0.15) is 12.0 Å². The third-order valence-electron chi connectivity index (χ3n) is 1.65. The summed E-state index contributed by atoms with van der Waals surface area (Å²) in [6, 6.07) is 3.57. The predicted octanol–water partition coefficient (Wildman–Crippen LogP) is 2.68. The minimum absolute atomic E-state index is 0.210. The van der Waals surface area contributed by atoms with Gasteiger partial charge in [0.05, 0.1) is 0 Å². The van der Waals surface area contributed by atoms with Crippen LogP contribution in [0.15, 0.2) is 22.7 Å². The molecule has 1 aromatic rings. The van der Waals surface area contributed by atoms with Gasteiger partial charge in [-0.2, -0.15) is 0 Å². The number of phenolic OH excluding ortho intramolecular Hbond substituents is 1. The number of halogens is 1. The van der Waals surface area contributed by atoms with Crippen molar-refractivity contribution in [3.05, 3.63) is 33.8 Å². The molecule has 2 nitrogen and oxygen atoms in total. The van der Waals surface area contributed by atoms with Crippen LogP contribution < -0.4 is 0 Å². The van der Waals surface area contributed by atoms with Crippen molar-refractivity contribution < 1.29 is 9.90 Å². The fraction of sp³-hybridized carbons (Fsp3) is 0.100. The summed E-state index contributed by atoms with van der Waals surface area (Å²) in [5.74, 6) is 0.210. The first-order chi connectivity index (χ1) is 6.15. The molecule has 0 atom stereocenters. The minimum atomic E-state index is 0.210. The van der Waals surface area contributed by atoms with Gasteiger partial charge in [-0.1, -0.05) is 15.9 Å². The SMILES string of the molecule is Cc1cc(Br)cc(/C=C/C=O)c1O. The van der Waals surface area contributed by atoms with Crippen molar-refractivity contribution in [2.24, 2.45) is 0 Å². The van der Waals surface area contributed by atoms with E-state index in [4.69, 9.17) is 0 Å². The van der Waals surface area contributed by atoms with Crippen LogP contribution >= 0.6 is 15.9 Å². The van der Waals surface area contributed by atoms with Gasteiger partial charge in [0.2, 0.25) is 0 Å². The third kappa shape index (κ3) is 2.42. The zero-order valence-electron chi connectivity index (χ0n) is 7.12. The lowest BCUT2D eigenvalue weighted by molar-refractivity contribution is -0.104. The smallest absolute Gasteiger partial charge is 0.142 e. The standard InChI is InChI=1S/C10H9BrO2/c1-7-5-9(11)6-8(10(7)13)3-2-4-12/h2-6,13H,1H3/b3-2+. The van der Waals surface area contributed by atoms with Gasteiger partial charge < -0.3 is 5.11 Å². The summed E-state index contributed by atoms with van der Waals surface area (Å²) in [5, 5.41) is 9.56. The predicted molar refractivity (Wildman–Crippen MR) is 55.6 cm³/mol. The Morgan fingerprint density at radius 1 is 1.46 bits per heavy atom. The van der Waals surface area contributed by atoms with Gasteiger partial charge in [-0.25, -0.2) is 0 Å². The summed E-state index contributed by atoms with van der Waals surface area (Å²) in [7, 11) is 0. The molecule has 0 aromatic heterocycles. The van der Waals surface area contributed by atoms with Crippen molar-refractivity contribution in [3.63, 3.8) is 0 Å². The number of aldehydes is 1. The number of carbonyl (C=O) groups is 1. The van der Waals surface area contributed by atoms with Crippen LogP contribution in [0, 0.1) is 6.92 Å². The highest BCUT2D eigenvalue weighted by atomic mass is 79.9. The Morgan fingerprint density at radius 3 is 2.77 bits per heavy atom. The number of phenols is 1. The molecule has 0 bridgehead atoms. The van der Waals surface area contributed by atoms with E-state index in [1.807, 2.05) is 6.07 Å². The highest BCUT2D eigenvalue weighted by Crippen LogP contribution is 2.27. The Morgan fingerprint density at radius 2 is 2.15 bits per heavy atom. The van der Waals surface area contributed by atoms with Gasteiger partial charge in [-0.3, -0.25) is 4.79 Å². The topological polar surface area (TPSA) is 37.3 Å². The number of aryl methyl sites for hydroxylation is 1. The lowest BCUT2D eigenvalue weighted by atomic mass is 10.1. The van der Waals surface area contributed by atoms with Crippen LogP contribution in [0.3, 0.4) is 0 Å². The van der Waals surface area contributed by atoms with Crippen molar-refractivity contribution in [3.8, 4) is 5.75 Å². The fourth-order valence-corrected chi connectivity index (χ4v) is 1.62. The van der Waals surface area contributed by atoms with Crippen LogP contribution in [0.25, 0.3) is 6.08 Å². The molecule has 0 fully saturated rings. The van der Waals surface area contributed by atoms with Gasteiger partial charge in [0.15, 0.2) is 0 Å². The summed E-state index contributed by atoms with van der Waals surface area (Å²) >= 11 is 3.31. The van der Waals surface area contributed by atoms with Crippen molar-refractivity contribution in [2.45, 2.75) is 6.92 Å². The number of aromatic hydroxyl groups is 1. The lowest BCUT2D eigenvalue weighted by Gasteiger charge is -2.03. The lowest BCUT2D eigenvalue weighted by Crippen LogP contribution is -1.81. The molecule has 3 heteroatoms. The maximum Gasteiger partial charge on any atom is 0.142 e. The molecule has 0 aliphatic rings. The molecule has 0 saturated carbocycles. The van der Waals surface area contributed by atoms with E-state index in [0.717, 1.165) is 10.0 Å².